The third kappa shape index (κ3) is 2.03. The van der Waals surface area contributed by atoms with Crippen LogP contribution in [0.5, 0.6) is 0 Å². The number of nitrogens with zero attached hydrogens (tertiary/aromatic N) is 3. The molecule has 0 amide bonds. The lowest BCUT2D eigenvalue weighted by Gasteiger charge is -2.02. The van der Waals surface area contributed by atoms with Crippen molar-refractivity contribution in [3.63, 3.8) is 0 Å². The van der Waals surface area contributed by atoms with Gasteiger partial charge in [0.25, 0.3) is 0 Å². The van der Waals surface area contributed by atoms with Crippen LogP contribution in [0, 0.1) is 0 Å². The summed E-state index contributed by atoms with van der Waals surface area (Å²) in [6.45, 7) is 2.12. The molecule has 0 aromatic carbocycles. The first-order valence-corrected chi connectivity index (χ1v) is 6.36. The fraction of sp³-hybridized carbons (Fsp3) is 0.133. The number of pyridine rings is 2. The molecule has 0 spiro atoms. The van der Waals surface area contributed by atoms with E-state index in [9.17, 15) is 4.79 Å². The first-order chi connectivity index (χ1) is 9.81. The number of fused-ring (bicyclic) bond motifs is 1. The number of rotatable bonds is 3. The first kappa shape index (κ1) is 12.3. The maximum Gasteiger partial charge on any atom is 0.342 e. The van der Waals surface area contributed by atoms with Crippen LogP contribution in [0.4, 0.5) is 0 Å². The van der Waals surface area contributed by atoms with E-state index in [0.29, 0.717) is 17.9 Å². The fourth-order valence-corrected chi connectivity index (χ4v) is 2.12. The van der Waals surface area contributed by atoms with Gasteiger partial charge in [-0.1, -0.05) is 6.07 Å². The van der Waals surface area contributed by atoms with Crippen LogP contribution in [0.1, 0.15) is 17.3 Å². The number of hydrogen-bond donors (Lipinski definition) is 0. The zero-order valence-corrected chi connectivity index (χ0v) is 11.0. The van der Waals surface area contributed by atoms with Crippen molar-refractivity contribution in [1.29, 1.82) is 0 Å². The molecule has 0 saturated carbocycles. The summed E-state index contributed by atoms with van der Waals surface area (Å²) in [7, 11) is 0. The second-order valence-electron chi connectivity index (χ2n) is 4.21. The molecule has 3 rings (SSSR count). The molecule has 0 aliphatic heterocycles. The summed E-state index contributed by atoms with van der Waals surface area (Å²) in [4.78, 5) is 16.2. The first-order valence-electron chi connectivity index (χ1n) is 6.36. The lowest BCUT2D eigenvalue weighted by Crippen LogP contribution is -2.05. The normalized spacial score (nSPS) is 10.7. The maximum absolute atomic E-state index is 12.2. The molecular formula is C15H13N3O2. The van der Waals surface area contributed by atoms with E-state index in [4.69, 9.17) is 4.74 Å². The van der Waals surface area contributed by atoms with Crippen LogP contribution in [0.2, 0.25) is 0 Å². The number of esters is 1. The monoisotopic (exact) mass is 267 g/mol. The maximum atomic E-state index is 12.2. The van der Waals surface area contributed by atoms with Crippen LogP contribution >= 0.6 is 0 Å². The molecule has 0 saturated heterocycles. The summed E-state index contributed by atoms with van der Waals surface area (Å²) in [5.74, 6) is -0.361. The molecule has 5 heteroatoms. The molecule has 20 heavy (non-hydrogen) atoms. The number of carbonyl (C=O) groups excluding carboxylic acids is 1. The second-order valence-corrected chi connectivity index (χ2v) is 4.21. The Morgan fingerprint density at radius 3 is 2.80 bits per heavy atom. The molecule has 0 bridgehead atoms. The Kier molecular flexibility index (Phi) is 3.16. The molecule has 0 radical (unpaired) electrons. The Balaban J connectivity index is 2.25. The Labute approximate surface area is 115 Å². The summed E-state index contributed by atoms with van der Waals surface area (Å²) in [6, 6.07) is 9.24. The zero-order valence-electron chi connectivity index (χ0n) is 11.0. The number of hydrogen-bond acceptors (Lipinski definition) is 4. The summed E-state index contributed by atoms with van der Waals surface area (Å²) >= 11 is 0. The van der Waals surface area contributed by atoms with E-state index in [1.807, 2.05) is 36.5 Å². The standard InChI is InChI=1S/C15H13N3O2/c1-2-20-15(19)13-12-5-3-4-10-18(12)17-14(13)11-6-8-16-9-7-11/h3-10H,2H2,1H3. The highest BCUT2D eigenvalue weighted by atomic mass is 16.5. The summed E-state index contributed by atoms with van der Waals surface area (Å²) < 4.78 is 6.83. The van der Waals surface area contributed by atoms with Gasteiger partial charge in [-0.15, -0.1) is 0 Å². The molecule has 0 N–H and O–H groups in total. The van der Waals surface area contributed by atoms with Gasteiger partial charge in [0, 0.05) is 24.2 Å². The minimum atomic E-state index is -0.361. The molecule has 0 atom stereocenters. The van der Waals surface area contributed by atoms with Crippen LogP contribution in [-0.4, -0.2) is 27.2 Å². The van der Waals surface area contributed by atoms with E-state index in [1.54, 1.807) is 23.8 Å². The quantitative estimate of drug-likeness (QED) is 0.684. The third-order valence-corrected chi connectivity index (χ3v) is 2.97. The van der Waals surface area contributed by atoms with E-state index in [0.717, 1.165) is 11.1 Å². The van der Waals surface area contributed by atoms with E-state index in [1.165, 1.54) is 0 Å². The van der Waals surface area contributed by atoms with Gasteiger partial charge >= 0.3 is 5.97 Å². The lowest BCUT2D eigenvalue weighted by molar-refractivity contribution is 0.0529. The van der Waals surface area contributed by atoms with Crippen molar-refractivity contribution in [2.45, 2.75) is 6.92 Å². The van der Waals surface area contributed by atoms with Crippen LogP contribution in [0.25, 0.3) is 16.8 Å². The van der Waals surface area contributed by atoms with Crippen molar-refractivity contribution < 1.29 is 9.53 Å². The van der Waals surface area contributed by atoms with Crippen molar-refractivity contribution in [2.24, 2.45) is 0 Å². The van der Waals surface area contributed by atoms with Gasteiger partial charge in [0.15, 0.2) is 0 Å². The van der Waals surface area contributed by atoms with Crippen molar-refractivity contribution >= 4 is 11.5 Å². The predicted octanol–water partition coefficient (Wildman–Crippen LogP) is 2.57. The largest absolute Gasteiger partial charge is 0.462 e. The lowest BCUT2D eigenvalue weighted by atomic mass is 10.1. The number of carbonyl (C=O) groups is 1. The fourth-order valence-electron chi connectivity index (χ4n) is 2.12. The van der Waals surface area contributed by atoms with Gasteiger partial charge in [0.05, 0.1) is 12.1 Å². The van der Waals surface area contributed by atoms with Gasteiger partial charge in [0.1, 0.15) is 11.3 Å². The molecule has 0 aliphatic carbocycles. The molecule has 3 aromatic rings. The van der Waals surface area contributed by atoms with Crippen LogP contribution in [-0.2, 0) is 4.74 Å². The topological polar surface area (TPSA) is 56.5 Å². The number of aromatic nitrogens is 3. The van der Waals surface area contributed by atoms with Gasteiger partial charge in [-0.2, -0.15) is 5.10 Å². The average molecular weight is 267 g/mol. The Morgan fingerprint density at radius 2 is 2.05 bits per heavy atom. The van der Waals surface area contributed by atoms with E-state index in [2.05, 4.69) is 10.1 Å². The molecule has 3 heterocycles. The van der Waals surface area contributed by atoms with Gasteiger partial charge in [-0.25, -0.2) is 9.31 Å². The highest BCUT2D eigenvalue weighted by molar-refractivity contribution is 6.03. The van der Waals surface area contributed by atoms with E-state index >= 15 is 0 Å². The molecule has 0 fully saturated rings. The predicted molar refractivity (Wildman–Crippen MR) is 74.4 cm³/mol. The molecule has 3 aromatic heterocycles. The Morgan fingerprint density at radius 1 is 1.25 bits per heavy atom. The highest BCUT2D eigenvalue weighted by Crippen LogP contribution is 2.26. The van der Waals surface area contributed by atoms with Crippen molar-refractivity contribution in [2.75, 3.05) is 6.61 Å². The summed E-state index contributed by atoms with van der Waals surface area (Å²) in [5.41, 5.74) is 2.67. The van der Waals surface area contributed by atoms with Crippen LogP contribution in [0.15, 0.2) is 48.9 Å². The van der Waals surface area contributed by atoms with Crippen LogP contribution in [0.3, 0.4) is 0 Å². The molecule has 0 unspecified atom stereocenters. The smallest absolute Gasteiger partial charge is 0.342 e. The van der Waals surface area contributed by atoms with Crippen LogP contribution < -0.4 is 0 Å². The molecular weight excluding hydrogens is 254 g/mol. The van der Waals surface area contributed by atoms with Crippen molar-refractivity contribution in [3.05, 3.63) is 54.5 Å². The second kappa shape index (κ2) is 5.13. The summed E-state index contributed by atoms with van der Waals surface area (Å²) in [6.07, 6.45) is 5.16. The average Bonchev–Trinajstić information content (AvgIpc) is 2.88. The van der Waals surface area contributed by atoms with Gasteiger partial charge in [0.2, 0.25) is 0 Å². The summed E-state index contributed by atoms with van der Waals surface area (Å²) in [5, 5.41) is 4.47. The number of ether oxygens (including phenoxy) is 1. The Bertz CT molecular complexity index is 750. The Hall–Kier alpha value is -2.69. The van der Waals surface area contributed by atoms with E-state index in [-0.39, 0.29) is 5.97 Å². The third-order valence-electron chi connectivity index (χ3n) is 2.97. The van der Waals surface area contributed by atoms with Gasteiger partial charge in [-0.3, -0.25) is 4.98 Å². The van der Waals surface area contributed by atoms with Gasteiger partial charge in [-0.05, 0) is 31.2 Å². The van der Waals surface area contributed by atoms with E-state index < -0.39 is 0 Å². The van der Waals surface area contributed by atoms with Gasteiger partial charge < -0.3 is 4.74 Å². The minimum absolute atomic E-state index is 0.332. The SMILES string of the molecule is CCOC(=O)c1c(-c2ccncc2)nn2ccccc12. The molecule has 0 aliphatic rings. The molecule has 5 nitrogen and oxygen atoms in total. The minimum Gasteiger partial charge on any atom is -0.462 e. The van der Waals surface area contributed by atoms with Crippen molar-refractivity contribution in [1.82, 2.24) is 14.6 Å². The molecule has 100 valence electrons. The van der Waals surface area contributed by atoms with Crippen molar-refractivity contribution in [3.8, 4) is 11.3 Å². The highest BCUT2D eigenvalue weighted by Gasteiger charge is 2.21. The zero-order chi connectivity index (χ0) is 13.9.